The van der Waals surface area contributed by atoms with Crippen LogP contribution < -0.4 is 20.9 Å². The molecule has 7 nitrogen and oxygen atoms in total. The number of aromatic nitrogens is 2. The second-order valence-corrected chi connectivity index (χ2v) is 6.67. The summed E-state index contributed by atoms with van der Waals surface area (Å²) in [6.07, 6.45) is 0. The van der Waals surface area contributed by atoms with Crippen molar-refractivity contribution in [3.8, 4) is 0 Å². The van der Waals surface area contributed by atoms with Crippen LogP contribution in [0.25, 0.3) is 0 Å². The molecule has 1 amide bonds. The van der Waals surface area contributed by atoms with E-state index in [0.29, 0.717) is 11.8 Å². The fraction of sp³-hybridized carbons (Fsp3) is 0.190. The molecule has 3 N–H and O–H groups in total. The standard InChI is InChI=1S/C21H24N6O/c1-14-12-20(24-17-10-8-16(9-11-17)23-15(2)28)26-21(22-14)25-18-6-5-7-19(13-18)27(3)4/h5-13H,1-4H3,(H,23,28)(H2,22,24,25,26). The van der Waals surface area contributed by atoms with Gasteiger partial charge in [-0.25, -0.2) is 4.98 Å². The fourth-order valence-electron chi connectivity index (χ4n) is 2.67. The predicted octanol–water partition coefficient (Wildman–Crippen LogP) is 4.30. The van der Waals surface area contributed by atoms with Crippen molar-refractivity contribution in [2.45, 2.75) is 13.8 Å². The van der Waals surface area contributed by atoms with Crippen LogP contribution in [-0.2, 0) is 4.79 Å². The number of benzene rings is 2. The lowest BCUT2D eigenvalue weighted by Gasteiger charge is -2.14. The van der Waals surface area contributed by atoms with Gasteiger partial charge in [-0.3, -0.25) is 4.79 Å². The molecule has 3 rings (SSSR count). The molecule has 0 saturated carbocycles. The summed E-state index contributed by atoms with van der Waals surface area (Å²) in [5.74, 6) is 1.11. The number of anilines is 6. The summed E-state index contributed by atoms with van der Waals surface area (Å²) < 4.78 is 0. The van der Waals surface area contributed by atoms with Crippen LogP contribution in [0, 0.1) is 6.92 Å². The number of carbonyl (C=O) groups is 1. The Bertz CT molecular complexity index is 969. The van der Waals surface area contributed by atoms with E-state index in [9.17, 15) is 4.79 Å². The van der Waals surface area contributed by atoms with Gasteiger partial charge in [0, 0.05) is 55.5 Å². The number of carbonyl (C=O) groups excluding carboxylic acids is 1. The Morgan fingerprint density at radius 2 is 1.61 bits per heavy atom. The number of aryl methyl sites for hydroxylation is 1. The highest BCUT2D eigenvalue weighted by Crippen LogP contribution is 2.22. The predicted molar refractivity (Wildman–Crippen MR) is 115 cm³/mol. The average Bonchev–Trinajstić information content (AvgIpc) is 2.62. The Kier molecular flexibility index (Phi) is 5.74. The van der Waals surface area contributed by atoms with Crippen LogP contribution in [0.3, 0.4) is 0 Å². The van der Waals surface area contributed by atoms with Crippen LogP contribution in [0.4, 0.5) is 34.5 Å². The molecular weight excluding hydrogens is 352 g/mol. The molecule has 0 aliphatic carbocycles. The lowest BCUT2D eigenvalue weighted by Crippen LogP contribution is -2.09. The van der Waals surface area contributed by atoms with Crippen LogP contribution in [0.15, 0.2) is 54.6 Å². The van der Waals surface area contributed by atoms with E-state index >= 15 is 0 Å². The molecule has 0 unspecified atom stereocenters. The van der Waals surface area contributed by atoms with E-state index in [1.807, 2.05) is 80.5 Å². The topological polar surface area (TPSA) is 82.2 Å². The number of rotatable bonds is 6. The first-order chi connectivity index (χ1) is 13.4. The smallest absolute Gasteiger partial charge is 0.229 e. The molecular formula is C21H24N6O. The maximum absolute atomic E-state index is 11.1. The van der Waals surface area contributed by atoms with Crippen LogP contribution in [0.1, 0.15) is 12.6 Å². The van der Waals surface area contributed by atoms with E-state index in [2.05, 4.69) is 25.9 Å². The third kappa shape index (κ3) is 5.20. The minimum absolute atomic E-state index is 0.0961. The minimum Gasteiger partial charge on any atom is -0.378 e. The van der Waals surface area contributed by atoms with Crippen LogP contribution >= 0.6 is 0 Å². The number of nitrogens with zero attached hydrogens (tertiary/aromatic N) is 3. The molecule has 1 aromatic heterocycles. The lowest BCUT2D eigenvalue weighted by atomic mass is 10.2. The highest BCUT2D eigenvalue weighted by atomic mass is 16.1. The SMILES string of the molecule is CC(=O)Nc1ccc(Nc2cc(C)nc(Nc3cccc(N(C)C)c3)n2)cc1. The van der Waals surface area contributed by atoms with E-state index in [4.69, 9.17) is 0 Å². The molecule has 0 aliphatic heterocycles. The summed E-state index contributed by atoms with van der Waals surface area (Å²) in [6.45, 7) is 3.41. The van der Waals surface area contributed by atoms with Gasteiger partial charge >= 0.3 is 0 Å². The van der Waals surface area contributed by atoms with Gasteiger partial charge in [-0.05, 0) is 49.4 Å². The maximum atomic E-state index is 11.1. The maximum Gasteiger partial charge on any atom is 0.229 e. The van der Waals surface area contributed by atoms with Gasteiger partial charge in [-0.2, -0.15) is 4.98 Å². The Balaban J connectivity index is 1.76. The number of hydrogen-bond donors (Lipinski definition) is 3. The van der Waals surface area contributed by atoms with Gasteiger partial charge in [-0.15, -0.1) is 0 Å². The van der Waals surface area contributed by atoms with Crippen molar-refractivity contribution in [3.63, 3.8) is 0 Å². The minimum atomic E-state index is -0.0961. The van der Waals surface area contributed by atoms with Crippen molar-refractivity contribution >= 4 is 40.4 Å². The van der Waals surface area contributed by atoms with Crippen molar-refractivity contribution in [2.75, 3.05) is 34.9 Å². The molecule has 1 heterocycles. The largest absolute Gasteiger partial charge is 0.378 e. The quantitative estimate of drug-likeness (QED) is 0.595. The highest BCUT2D eigenvalue weighted by Gasteiger charge is 2.05. The average molecular weight is 376 g/mol. The van der Waals surface area contributed by atoms with Crippen molar-refractivity contribution in [1.29, 1.82) is 0 Å². The van der Waals surface area contributed by atoms with E-state index in [1.54, 1.807) is 0 Å². The third-order valence-electron chi connectivity index (χ3n) is 3.95. The molecule has 7 heteroatoms. The van der Waals surface area contributed by atoms with Gasteiger partial charge in [-0.1, -0.05) is 6.07 Å². The first-order valence-electron chi connectivity index (χ1n) is 8.94. The van der Waals surface area contributed by atoms with Crippen molar-refractivity contribution < 1.29 is 4.79 Å². The Hall–Kier alpha value is -3.61. The van der Waals surface area contributed by atoms with Gasteiger partial charge in [0.15, 0.2) is 0 Å². The van der Waals surface area contributed by atoms with Gasteiger partial charge in [0.05, 0.1) is 0 Å². The van der Waals surface area contributed by atoms with Gasteiger partial charge in [0.25, 0.3) is 0 Å². The Labute approximate surface area is 164 Å². The zero-order valence-electron chi connectivity index (χ0n) is 16.4. The van der Waals surface area contributed by atoms with Gasteiger partial charge in [0.1, 0.15) is 5.82 Å². The summed E-state index contributed by atoms with van der Waals surface area (Å²) in [4.78, 5) is 22.2. The molecule has 0 bridgehead atoms. The number of nitrogens with one attached hydrogen (secondary N) is 3. The summed E-state index contributed by atoms with van der Waals surface area (Å²) in [5, 5.41) is 9.28. The van der Waals surface area contributed by atoms with E-state index in [1.165, 1.54) is 6.92 Å². The second kappa shape index (κ2) is 8.39. The molecule has 0 aliphatic rings. The highest BCUT2D eigenvalue weighted by molar-refractivity contribution is 5.88. The summed E-state index contributed by atoms with van der Waals surface area (Å²) in [7, 11) is 4.00. The van der Waals surface area contributed by atoms with E-state index in [0.717, 1.165) is 28.4 Å². The summed E-state index contributed by atoms with van der Waals surface area (Å²) in [5.41, 5.74) is 4.48. The summed E-state index contributed by atoms with van der Waals surface area (Å²) >= 11 is 0. The zero-order chi connectivity index (χ0) is 20.1. The fourth-order valence-corrected chi connectivity index (χ4v) is 2.67. The Morgan fingerprint density at radius 3 is 2.29 bits per heavy atom. The molecule has 28 heavy (non-hydrogen) atoms. The zero-order valence-corrected chi connectivity index (χ0v) is 16.4. The first-order valence-corrected chi connectivity index (χ1v) is 8.94. The summed E-state index contributed by atoms with van der Waals surface area (Å²) in [6, 6.07) is 17.4. The molecule has 0 saturated heterocycles. The normalized spacial score (nSPS) is 10.3. The number of amides is 1. The number of hydrogen-bond acceptors (Lipinski definition) is 6. The van der Waals surface area contributed by atoms with Gasteiger partial charge in [0.2, 0.25) is 11.9 Å². The molecule has 0 spiro atoms. The molecule has 3 aromatic rings. The first kappa shape index (κ1) is 19.2. The Morgan fingerprint density at radius 1 is 0.893 bits per heavy atom. The molecule has 0 radical (unpaired) electrons. The molecule has 0 atom stereocenters. The van der Waals surface area contributed by atoms with Crippen LogP contribution in [0.5, 0.6) is 0 Å². The molecule has 0 fully saturated rings. The van der Waals surface area contributed by atoms with Crippen molar-refractivity contribution in [1.82, 2.24) is 9.97 Å². The molecule has 144 valence electrons. The van der Waals surface area contributed by atoms with Crippen LogP contribution in [0.2, 0.25) is 0 Å². The van der Waals surface area contributed by atoms with Crippen molar-refractivity contribution in [2.24, 2.45) is 0 Å². The van der Waals surface area contributed by atoms with E-state index in [-0.39, 0.29) is 5.91 Å². The lowest BCUT2D eigenvalue weighted by molar-refractivity contribution is -0.114. The monoisotopic (exact) mass is 376 g/mol. The third-order valence-corrected chi connectivity index (χ3v) is 3.95. The van der Waals surface area contributed by atoms with Crippen molar-refractivity contribution in [3.05, 3.63) is 60.3 Å². The second-order valence-electron chi connectivity index (χ2n) is 6.67. The van der Waals surface area contributed by atoms with E-state index < -0.39 is 0 Å². The molecule has 2 aromatic carbocycles. The van der Waals surface area contributed by atoms with Gasteiger partial charge < -0.3 is 20.9 Å². The van der Waals surface area contributed by atoms with Crippen LogP contribution in [-0.4, -0.2) is 30.0 Å².